The number of rotatable bonds is 7. The number of benzene rings is 11. The second-order valence-electron chi connectivity index (χ2n) is 23.1. The van der Waals surface area contributed by atoms with Crippen molar-refractivity contribution in [2.24, 2.45) is 0 Å². The molecule has 6 heteroatoms. The molecule has 13 aromatic rings. The summed E-state index contributed by atoms with van der Waals surface area (Å²) in [5.74, 6) is 0. The molecule has 2 aliphatic rings. The molecule has 394 valence electrons. The van der Waals surface area contributed by atoms with Gasteiger partial charge in [-0.25, -0.2) is 0 Å². The summed E-state index contributed by atoms with van der Waals surface area (Å²) in [6.07, 6.45) is 0. The number of aromatic nitrogens is 1. The predicted octanol–water partition coefficient (Wildman–Crippen LogP) is 20.0. The van der Waals surface area contributed by atoms with E-state index in [4.69, 9.17) is 17.1 Å². The van der Waals surface area contributed by atoms with Gasteiger partial charge in [0.2, 0.25) is 0 Å². The Balaban J connectivity index is 1.19. The molecule has 11 aromatic carbocycles. The molecule has 0 amide bonds. The normalized spacial score (nSPS) is 15.4. The van der Waals surface area contributed by atoms with E-state index < -0.39 is 78.0 Å². The number of hydrogen-bond acceptors (Lipinski definition) is 3. The molecule has 0 atom stereocenters. The van der Waals surface area contributed by atoms with Gasteiger partial charge in [0, 0.05) is 75.7 Å². The molecule has 0 radical (unpaired) electrons. The van der Waals surface area contributed by atoms with Crippen LogP contribution in [0.15, 0.2) is 248 Å². The van der Waals surface area contributed by atoms with E-state index in [1.165, 1.54) is 0 Å². The summed E-state index contributed by atoms with van der Waals surface area (Å²) < 4.78 is 138. The highest BCUT2D eigenvalue weighted by Gasteiger charge is 2.47. The maximum Gasteiger partial charge on any atom is 0.264 e. The average Bonchev–Trinajstić information content (AvgIpc) is 1.27. The molecule has 0 unspecified atom stereocenters. The fourth-order valence-electron chi connectivity index (χ4n) is 12.2. The van der Waals surface area contributed by atoms with Gasteiger partial charge in [0.1, 0.15) is 0 Å². The van der Waals surface area contributed by atoms with Crippen LogP contribution in [0.2, 0.25) is 5.02 Å². The first-order valence-electron chi connectivity index (χ1n) is 34.4. The maximum atomic E-state index is 10.8. The third kappa shape index (κ3) is 8.00. The zero-order chi connectivity index (χ0) is 67.8. The van der Waals surface area contributed by atoms with Crippen molar-refractivity contribution in [2.45, 2.75) is 52.4 Å². The maximum absolute atomic E-state index is 10.8. The molecule has 82 heavy (non-hydrogen) atoms. The molecular formula is C76H59BClN3S. The van der Waals surface area contributed by atoms with Crippen LogP contribution in [0.25, 0.3) is 82.1 Å². The molecule has 0 fully saturated rings. The van der Waals surface area contributed by atoms with E-state index in [0.29, 0.717) is 38.7 Å². The van der Waals surface area contributed by atoms with Crippen molar-refractivity contribution in [3.05, 3.63) is 265 Å². The van der Waals surface area contributed by atoms with E-state index in [9.17, 15) is 13.7 Å². The molecule has 3 nitrogen and oxygen atoms in total. The van der Waals surface area contributed by atoms with E-state index in [1.54, 1.807) is 0 Å². The van der Waals surface area contributed by atoms with Crippen molar-refractivity contribution in [1.82, 2.24) is 4.57 Å². The van der Waals surface area contributed by atoms with Crippen molar-refractivity contribution in [3.8, 4) is 50.2 Å². The van der Waals surface area contributed by atoms with Crippen LogP contribution >= 0.6 is 22.9 Å². The highest BCUT2D eigenvalue weighted by molar-refractivity contribution is 7.33. The zero-order valence-electron chi connectivity index (χ0n) is 59.8. The van der Waals surface area contributed by atoms with Gasteiger partial charge in [-0.05, 0) is 122 Å². The highest BCUT2D eigenvalue weighted by Crippen LogP contribution is 2.56. The van der Waals surface area contributed by atoms with Gasteiger partial charge in [-0.15, -0.1) is 11.3 Å². The number of fused-ring (bicyclic) bond motifs is 9. The number of anilines is 6. The topological polar surface area (TPSA) is 11.4 Å². The minimum Gasteiger partial charge on any atom is -0.310 e. The van der Waals surface area contributed by atoms with Crippen LogP contribution in [0, 0.1) is 0 Å². The highest BCUT2D eigenvalue weighted by atomic mass is 35.5. The van der Waals surface area contributed by atoms with Crippen molar-refractivity contribution >= 4 is 111 Å². The summed E-state index contributed by atoms with van der Waals surface area (Å²) in [7, 11) is 0. The summed E-state index contributed by atoms with van der Waals surface area (Å²) in [6.45, 7) is 11.8. The van der Waals surface area contributed by atoms with Crippen LogP contribution < -0.4 is 25.5 Å². The first-order valence-corrected chi connectivity index (χ1v) is 28.6. The van der Waals surface area contributed by atoms with Gasteiger partial charge >= 0.3 is 0 Å². The Morgan fingerprint density at radius 1 is 0.439 bits per heavy atom. The first kappa shape index (κ1) is 37.2. The van der Waals surface area contributed by atoms with Crippen molar-refractivity contribution in [2.75, 3.05) is 9.80 Å². The number of thiophene rings is 1. The lowest BCUT2D eigenvalue weighted by Crippen LogP contribution is -2.60. The quantitative estimate of drug-likeness (QED) is 0.147. The molecule has 2 aliphatic heterocycles. The third-order valence-electron chi connectivity index (χ3n) is 16.1. The van der Waals surface area contributed by atoms with E-state index >= 15 is 0 Å². The largest absolute Gasteiger partial charge is 0.310 e. The van der Waals surface area contributed by atoms with Crippen molar-refractivity contribution in [1.29, 1.82) is 0 Å². The summed E-state index contributed by atoms with van der Waals surface area (Å²) in [5.41, 5.74) is 10.7. The minimum atomic E-state index is -1.06. The summed E-state index contributed by atoms with van der Waals surface area (Å²) in [4.78, 5) is 4.25. The predicted molar refractivity (Wildman–Crippen MR) is 354 cm³/mol. The summed E-state index contributed by atoms with van der Waals surface area (Å²) >= 11 is 8.44. The van der Waals surface area contributed by atoms with Gasteiger partial charge in [-0.3, -0.25) is 0 Å². The van der Waals surface area contributed by atoms with Crippen LogP contribution in [0.4, 0.5) is 34.1 Å². The molecule has 15 rings (SSSR count). The van der Waals surface area contributed by atoms with Crippen LogP contribution in [-0.2, 0) is 10.8 Å². The lowest BCUT2D eigenvalue weighted by Gasteiger charge is -2.45. The standard InChI is InChI=1S/C76H59BClN3S/c1-75(2,3)52-42-61(50-28-15-9-16-29-50)72(62(43-52)51-30-17-10-18-31-51)81-68-45-53(76(4,5)6)44-67-70(68)77(74-73(81)60-40-39-55(47-69(60)82-74)79-64-36-21-19-32-58(64)59-33-20-22-37-65(59)79)63-41-38-54(78)46-66(63)80(67)71-56(48-24-11-7-12-25-48)34-23-35-57(71)49-26-13-8-14-27-49/h7-47H,1-6H3/i19D,20D,21D,22D,32D,33D,36D,37D,38D,39D,40D,41D,46D,47D. The van der Waals surface area contributed by atoms with E-state index in [0.717, 1.165) is 71.5 Å². The molecular weight excluding hydrogens is 1030 g/mol. The van der Waals surface area contributed by atoms with Gasteiger partial charge in [0.15, 0.2) is 0 Å². The first-order chi connectivity index (χ1) is 45.7. The Hall–Kier alpha value is -8.87. The average molecular weight is 1110 g/mol. The SMILES string of the molecule is [2H]c1c([2H])c2c(c([2H])c1Cl)N(c1c(-c3ccccc3)cccc1-c1ccccc1)c1cc(C(C)(C)C)cc3c1B2c1sc2c([2H])c(-n4c5c([2H])c([2H])c([2H])c([2H])c5c5c([2H])c([2H])c([2H])c([2H])c54)c([2H])c([2H])c2c1N3c1c(-c2ccccc2)cc(C(C)(C)C)cc1-c1ccccc1. The monoisotopic (exact) mass is 1110 g/mol. The second kappa shape index (κ2) is 19.1. The van der Waals surface area contributed by atoms with E-state index in [-0.39, 0.29) is 77.9 Å². The Bertz CT molecular complexity index is 5320. The zero-order valence-corrected chi connectivity index (χ0v) is 47.4. The molecule has 0 saturated heterocycles. The Labute approximate surface area is 509 Å². The second-order valence-corrected chi connectivity index (χ2v) is 24.5. The third-order valence-corrected chi connectivity index (χ3v) is 17.4. The van der Waals surface area contributed by atoms with Gasteiger partial charge in [0.05, 0.1) is 47.3 Å². The molecule has 2 aromatic heterocycles. The van der Waals surface area contributed by atoms with E-state index in [2.05, 4.69) is 112 Å². The van der Waals surface area contributed by atoms with Crippen LogP contribution in [-0.4, -0.2) is 11.3 Å². The summed E-state index contributed by atoms with van der Waals surface area (Å²) in [6, 6.07) is 47.7. The van der Waals surface area contributed by atoms with Crippen LogP contribution in [0.5, 0.6) is 0 Å². The lowest BCUT2D eigenvalue weighted by atomic mass is 9.36. The fraction of sp³-hybridized carbons (Fsp3) is 0.105. The number of hydrogen-bond donors (Lipinski definition) is 0. The fourth-order valence-corrected chi connectivity index (χ4v) is 13.5. The van der Waals surface area contributed by atoms with Crippen molar-refractivity contribution in [3.63, 3.8) is 0 Å². The molecule has 4 heterocycles. The summed E-state index contributed by atoms with van der Waals surface area (Å²) in [5, 5.41) is -0.574. The minimum absolute atomic E-state index is 0.138. The van der Waals surface area contributed by atoms with Gasteiger partial charge in [-0.2, -0.15) is 0 Å². The Kier molecular flexibility index (Phi) is 8.68. The van der Waals surface area contributed by atoms with Crippen LogP contribution in [0.1, 0.15) is 71.9 Å². The number of nitrogens with zero attached hydrogens (tertiary/aromatic N) is 3. The van der Waals surface area contributed by atoms with Gasteiger partial charge < -0.3 is 14.4 Å². The molecule has 0 aliphatic carbocycles. The molecule has 0 N–H and O–H groups in total. The Morgan fingerprint density at radius 2 is 0.915 bits per heavy atom. The number of halogens is 1. The molecule has 0 spiro atoms. The lowest BCUT2D eigenvalue weighted by molar-refractivity contribution is 0.590. The molecule has 0 saturated carbocycles. The van der Waals surface area contributed by atoms with Crippen LogP contribution in [0.3, 0.4) is 0 Å². The van der Waals surface area contributed by atoms with Crippen molar-refractivity contribution < 1.29 is 19.2 Å². The Morgan fingerprint density at radius 3 is 1.44 bits per heavy atom. The smallest absolute Gasteiger partial charge is 0.264 e. The van der Waals surface area contributed by atoms with E-state index in [1.807, 2.05) is 103 Å². The molecule has 0 bridgehead atoms. The van der Waals surface area contributed by atoms with Gasteiger partial charge in [0.25, 0.3) is 6.71 Å². The van der Waals surface area contributed by atoms with Gasteiger partial charge in [-0.1, -0.05) is 235 Å². The number of para-hydroxylation sites is 3.